The van der Waals surface area contributed by atoms with E-state index in [2.05, 4.69) is 27.5 Å². The number of rotatable bonds is 9. The third-order valence-corrected chi connectivity index (χ3v) is 4.70. The van der Waals surface area contributed by atoms with E-state index in [0.717, 1.165) is 43.2 Å². The van der Waals surface area contributed by atoms with E-state index in [9.17, 15) is 9.50 Å². The van der Waals surface area contributed by atoms with E-state index in [1.807, 2.05) is 13.0 Å². The van der Waals surface area contributed by atoms with Crippen molar-refractivity contribution in [2.45, 2.75) is 52.1 Å². The summed E-state index contributed by atoms with van der Waals surface area (Å²) in [4.78, 5) is 0. The molecule has 0 fully saturated rings. The summed E-state index contributed by atoms with van der Waals surface area (Å²) in [5, 5.41) is 24.8. The van der Waals surface area contributed by atoms with E-state index < -0.39 is 0 Å². The number of nitrogens with zero attached hydrogens (tertiary/aromatic N) is 3. The predicted octanol–water partition coefficient (Wildman–Crippen LogP) is 4.97. The van der Waals surface area contributed by atoms with Crippen molar-refractivity contribution in [2.24, 2.45) is 0 Å². The van der Waals surface area contributed by atoms with Gasteiger partial charge in [-0.2, -0.15) is 5.21 Å². The molecule has 2 aromatic carbocycles. The molecule has 148 valence electrons. The van der Waals surface area contributed by atoms with Crippen molar-refractivity contribution >= 4 is 0 Å². The van der Waals surface area contributed by atoms with Crippen LogP contribution in [0.2, 0.25) is 0 Å². The Labute approximate surface area is 163 Å². The zero-order chi connectivity index (χ0) is 19.9. The molecule has 3 aromatic rings. The molecule has 0 bridgehead atoms. The Kier molecular flexibility index (Phi) is 6.57. The number of aromatic nitrogens is 4. The maximum atomic E-state index is 13.2. The Morgan fingerprint density at radius 3 is 2.57 bits per heavy atom. The second kappa shape index (κ2) is 9.30. The largest absolute Gasteiger partial charge is 0.507 e. The minimum absolute atomic E-state index is 0.0826. The van der Waals surface area contributed by atoms with E-state index in [4.69, 9.17) is 4.74 Å². The average Bonchev–Trinajstić information content (AvgIpc) is 3.23. The smallest absolute Gasteiger partial charge is 0.214 e. The standard InChI is InChI=1S/C21H25FN4O2/c1-3-5-6-7-19(21-23-25-26-24-21)28-20-13-18(27)17(12-14(20)4-2)15-8-10-16(22)11-9-15/h8-13,19,27H,3-7H2,1-2H3,(H,23,24,25,26). The van der Waals surface area contributed by atoms with Gasteiger partial charge in [-0.15, -0.1) is 10.2 Å². The van der Waals surface area contributed by atoms with Gasteiger partial charge in [0.2, 0.25) is 5.82 Å². The summed E-state index contributed by atoms with van der Waals surface area (Å²) >= 11 is 0. The molecule has 1 heterocycles. The van der Waals surface area contributed by atoms with Gasteiger partial charge in [-0.05, 0) is 48.6 Å². The van der Waals surface area contributed by atoms with E-state index in [1.165, 1.54) is 12.1 Å². The first-order valence-corrected chi connectivity index (χ1v) is 9.64. The molecule has 0 radical (unpaired) electrons. The lowest BCUT2D eigenvalue weighted by Gasteiger charge is -2.19. The Morgan fingerprint density at radius 1 is 1.14 bits per heavy atom. The van der Waals surface area contributed by atoms with Gasteiger partial charge in [-0.3, -0.25) is 0 Å². The highest BCUT2D eigenvalue weighted by molar-refractivity contribution is 5.72. The van der Waals surface area contributed by atoms with Gasteiger partial charge in [-0.25, -0.2) is 4.39 Å². The number of aromatic hydroxyl groups is 1. The highest BCUT2D eigenvalue weighted by Gasteiger charge is 2.20. The van der Waals surface area contributed by atoms with Crippen molar-refractivity contribution in [2.75, 3.05) is 0 Å². The maximum Gasteiger partial charge on any atom is 0.214 e. The predicted molar refractivity (Wildman–Crippen MR) is 105 cm³/mol. The van der Waals surface area contributed by atoms with E-state index in [0.29, 0.717) is 17.1 Å². The number of tetrazole rings is 1. The molecule has 2 N–H and O–H groups in total. The highest BCUT2D eigenvalue weighted by atomic mass is 19.1. The van der Waals surface area contributed by atoms with Crippen LogP contribution < -0.4 is 4.74 Å². The van der Waals surface area contributed by atoms with Crippen molar-refractivity contribution < 1.29 is 14.2 Å². The number of H-pyrrole nitrogens is 1. The normalized spacial score (nSPS) is 12.1. The average molecular weight is 384 g/mol. The molecule has 6 nitrogen and oxygen atoms in total. The minimum Gasteiger partial charge on any atom is -0.507 e. The fourth-order valence-electron chi connectivity index (χ4n) is 3.14. The molecular formula is C21H25FN4O2. The van der Waals surface area contributed by atoms with Crippen LogP contribution in [0.5, 0.6) is 11.5 Å². The number of halogens is 1. The molecule has 0 amide bonds. The Hall–Kier alpha value is -2.96. The summed E-state index contributed by atoms with van der Waals surface area (Å²) < 4.78 is 19.4. The van der Waals surface area contributed by atoms with Crippen LogP contribution in [0.4, 0.5) is 4.39 Å². The number of aromatic amines is 1. The lowest BCUT2D eigenvalue weighted by atomic mass is 9.99. The zero-order valence-electron chi connectivity index (χ0n) is 16.2. The van der Waals surface area contributed by atoms with Crippen LogP contribution in [-0.2, 0) is 6.42 Å². The van der Waals surface area contributed by atoms with Gasteiger partial charge >= 0.3 is 0 Å². The second-order valence-corrected chi connectivity index (χ2v) is 6.71. The number of nitrogens with one attached hydrogen (secondary N) is 1. The second-order valence-electron chi connectivity index (χ2n) is 6.71. The SMILES string of the molecule is CCCCCC(Oc1cc(O)c(-c2ccc(F)cc2)cc1CC)c1nn[nH]n1. The molecule has 1 aromatic heterocycles. The van der Waals surface area contributed by atoms with E-state index >= 15 is 0 Å². The van der Waals surface area contributed by atoms with Crippen molar-refractivity contribution in [3.05, 3.63) is 53.6 Å². The molecule has 0 spiro atoms. The number of unbranched alkanes of at least 4 members (excludes halogenated alkanes) is 2. The van der Waals surface area contributed by atoms with Crippen molar-refractivity contribution in [1.29, 1.82) is 0 Å². The van der Waals surface area contributed by atoms with Gasteiger partial charge in [0.15, 0.2) is 6.10 Å². The molecule has 0 aliphatic carbocycles. The first kappa shape index (κ1) is 19.8. The molecule has 3 rings (SSSR count). The summed E-state index contributed by atoms with van der Waals surface area (Å²) in [6.07, 6.45) is 4.32. The molecular weight excluding hydrogens is 359 g/mol. The van der Waals surface area contributed by atoms with Crippen LogP contribution in [0.15, 0.2) is 36.4 Å². The number of phenolic OH excluding ortho intramolecular Hbond substituents is 1. The third-order valence-electron chi connectivity index (χ3n) is 4.70. The number of ether oxygens (including phenoxy) is 1. The number of hydrogen-bond acceptors (Lipinski definition) is 5. The molecule has 0 aliphatic rings. The lowest BCUT2D eigenvalue weighted by molar-refractivity contribution is 0.178. The van der Waals surface area contributed by atoms with Gasteiger partial charge in [-0.1, -0.05) is 44.0 Å². The van der Waals surface area contributed by atoms with E-state index in [-0.39, 0.29) is 17.7 Å². The van der Waals surface area contributed by atoms with Gasteiger partial charge in [0.25, 0.3) is 0 Å². The lowest BCUT2D eigenvalue weighted by Crippen LogP contribution is -2.11. The first-order valence-electron chi connectivity index (χ1n) is 9.64. The number of benzene rings is 2. The Balaban J connectivity index is 1.89. The molecule has 1 unspecified atom stereocenters. The maximum absolute atomic E-state index is 13.2. The Morgan fingerprint density at radius 2 is 1.93 bits per heavy atom. The molecule has 28 heavy (non-hydrogen) atoms. The minimum atomic E-state index is -0.341. The topological polar surface area (TPSA) is 83.9 Å². The molecule has 0 saturated heterocycles. The van der Waals surface area contributed by atoms with Crippen molar-refractivity contribution in [3.8, 4) is 22.6 Å². The number of aryl methyl sites for hydroxylation is 1. The van der Waals surface area contributed by atoms with Gasteiger partial charge in [0.05, 0.1) is 0 Å². The third kappa shape index (κ3) is 4.65. The Bertz CT molecular complexity index is 882. The van der Waals surface area contributed by atoms with Crippen LogP contribution in [0, 0.1) is 5.82 Å². The van der Waals surface area contributed by atoms with Crippen LogP contribution in [0.3, 0.4) is 0 Å². The quantitative estimate of drug-likeness (QED) is 0.509. The van der Waals surface area contributed by atoms with Crippen LogP contribution in [-0.4, -0.2) is 25.7 Å². The molecule has 0 aliphatic heterocycles. The highest BCUT2D eigenvalue weighted by Crippen LogP contribution is 2.37. The summed E-state index contributed by atoms with van der Waals surface area (Å²) in [5.41, 5.74) is 2.34. The van der Waals surface area contributed by atoms with Crippen molar-refractivity contribution in [1.82, 2.24) is 20.6 Å². The first-order chi connectivity index (χ1) is 13.6. The van der Waals surface area contributed by atoms with Gasteiger partial charge in [0, 0.05) is 11.6 Å². The van der Waals surface area contributed by atoms with Crippen LogP contribution in [0.1, 0.15) is 57.0 Å². The molecule has 7 heteroatoms. The van der Waals surface area contributed by atoms with E-state index in [1.54, 1.807) is 18.2 Å². The molecule has 1 atom stereocenters. The van der Waals surface area contributed by atoms with Crippen LogP contribution >= 0.6 is 0 Å². The summed E-state index contributed by atoms with van der Waals surface area (Å²) in [7, 11) is 0. The molecule has 0 saturated carbocycles. The summed E-state index contributed by atoms with van der Waals surface area (Å²) in [6.45, 7) is 4.17. The number of hydrogen-bond donors (Lipinski definition) is 2. The van der Waals surface area contributed by atoms with Crippen molar-refractivity contribution in [3.63, 3.8) is 0 Å². The van der Waals surface area contributed by atoms with Crippen LogP contribution in [0.25, 0.3) is 11.1 Å². The van der Waals surface area contributed by atoms with Gasteiger partial charge < -0.3 is 9.84 Å². The zero-order valence-corrected chi connectivity index (χ0v) is 16.2. The summed E-state index contributed by atoms with van der Waals surface area (Å²) in [6, 6.07) is 9.56. The monoisotopic (exact) mass is 384 g/mol. The fourth-order valence-corrected chi connectivity index (χ4v) is 3.14. The summed E-state index contributed by atoms with van der Waals surface area (Å²) in [5.74, 6) is 0.866. The number of phenols is 1. The fraction of sp³-hybridized carbons (Fsp3) is 0.381. The van der Waals surface area contributed by atoms with Gasteiger partial charge in [0.1, 0.15) is 17.3 Å².